The molecule has 0 saturated heterocycles. The number of hydrazine groups is 1. The van der Waals surface area contributed by atoms with Crippen molar-refractivity contribution < 1.29 is 28.7 Å². The molecule has 2 aromatic carbocycles. The summed E-state index contributed by atoms with van der Waals surface area (Å²) in [6, 6.07) is 21.9. The van der Waals surface area contributed by atoms with Crippen LogP contribution in [0.1, 0.15) is 24.1 Å². The molecule has 0 fully saturated rings. The fourth-order valence-corrected chi connectivity index (χ4v) is 3.34. The molecule has 0 radical (unpaired) electrons. The largest absolute Gasteiger partial charge is 1.00 e. The first-order valence-corrected chi connectivity index (χ1v) is 7.14. The van der Waals surface area contributed by atoms with Gasteiger partial charge in [0.05, 0.1) is 13.0 Å². The van der Waals surface area contributed by atoms with Gasteiger partial charge in [-0.1, -0.05) is 48.5 Å². The van der Waals surface area contributed by atoms with E-state index in [1.807, 2.05) is 0 Å². The fourth-order valence-electron chi connectivity index (χ4n) is 3.34. The number of hydrogen-bond donors (Lipinski definition) is 0. The molecule has 1 aliphatic heterocycles. The van der Waals surface area contributed by atoms with E-state index < -0.39 is 0 Å². The standard InChI is InChI=1S/C18H21N2.HI/c1-14-17(15-10-6-4-7-11-15)19(2)20(3)18(14)16-12-8-5-9-13-16;/h4-14,17H,1-3H3;1H/q+1;/p-1. The van der Waals surface area contributed by atoms with Crippen LogP contribution in [-0.2, 0) is 0 Å². The molecular weight excluding hydrogens is 371 g/mol. The molecule has 0 spiro atoms. The van der Waals surface area contributed by atoms with Crippen molar-refractivity contribution >= 4 is 5.71 Å². The van der Waals surface area contributed by atoms with Crippen molar-refractivity contribution in [2.24, 2.45) is 5.92 Å². The van der Waals surface area contributed by atoms with Gasteiger partial charge in [0.1, 0.15) is 6.04 Å². The Morgan fingerprint density at radius 1 is 0.905 bits per heavy atom. The van der Waals surface area contributed by atoms with E-state index in [2.05, 4.69) is 91.4 Å². The topological polar surface area (TPSA) is 6.25 Å². The first kappa shape index (κ1) is 16.0. The van der Waals surface area contributed by atoms with Crippen LogP contribution >= 0.6 is 0 Å². The second-order valence-corrected chi connectivity index (χ2v) is 5.49. The Balaban J connectivity index is 0.00000161. The SMILES string of the molecule is CC1C(c2ccccc2)=[N+](C)N(C)C1c1ccccc1.[I-]. The summed E-state index contributed by atoms with van der Waals surface area (Å²) in [7, 11) is 4.33. The zero-order chi connectivity index (χ0) is 14.1. The Kier molecular flexibility index (Phi) is 5.04. The smallest absolute Gasteiger partial charge is 0.218 e. The third kappa shape index (κ3) is 2.84. The first-order chi connectivity index (χ1) is 9.70. The highest BCUT2D eigenvalue weighted by Gasteiger charge is 2.43. The van der Waals surface area contributed by atoms with Crippen molar-refractivity contribution in [1.29, 1.82) is 0 Å². The summed E-state index contributed by atoms with van der Waals surface area (Å²) < 4.78 is 2.29. The predicted molar refractivity (Wildman–Crippen MR) is 82.8 cm³/mol. The summed E-state index contributed by atoms with van der Waals surface area (Å²) in [5, 5.41) is 2.34. The molecule has 0 amide bonds. The molecule has 2 atom stereocenters. The maximum absolute atomic E-state index is 2.34. The zero-order valence-electron chi connectivity index (χ0n) is 12.7. The van der Waals surface area contributed by atoms with Crippen molar-refractivity contribution in [3.05, 3.63) is 71.8 Å². The minimum Gasteiger partial charge on any atom is -1.00 e. The Morgan fingerprint density at radius 3 is 2.00 bits per heavy atom. The number of rotatable bonds is 2. The summed E-state index contributed by atoms with van der Waals surface area (Å²) >= 11 is 0. The van der Waals surface area contributed by atoms with Crippen LogP contribution in [0.4, 0.5) is 0 Å². The van der Waals surface area contributed by atoms with Gasteiger partial charge < -0.3 is 24.0 Å². The molecule has 2 nitrogen and oxygen atoms in total. The molecule has 0 saturated carbocycles. The lowest BCUT2D eigenvalue weighted by Crippen LogP contribution is -3.00. The second kappa shape index (κ2) is 6.60. The highest BCUT2D eigenvalue weighted by Crippen LogP contribution is 2.35. The summed E-state index contributed by atoms with van der Waals surface area (Å²) in [6.07, 6.45) is 0. The summed E-state index contributed by atoms with van der Waals surface area (Å²) in [4.78, 5) is 0. The van der Waals surface area contributed by atoms with E-state index >= 15 is 0 Å². The molecule has 3 rings (SSSR count). The van der Waals surface area contributed by atoms with Crippen molar-refractivity contribution in [3.8, 4) is 0 Å². The van der Waals surface area contributed by atoms with Gasteiger partial charge in [-0.25, -0.2) is 0 Å². The van der Waals surface area contributed by atoms with Gasteiger partial charge in [0, 0.05) is 5.56 Å². The highest BCUT2D eigenvalue weighted by atomic mass is 127. The van der Waals surface area contributed by atoms with Gasteiger partial charge in [-0.05, 0) is 24.6 Å². The summed E-state index contributed by atoms with van der Waals surface area (Å²) in [5.74, 6) is 0.467. The number of nitrogens with zero attached hydrogens (tertiary/aromatic N) is 2. The van der Waals surface area contributed by atoms with Crippen LogP contribution in [0.25, 0.3) is 0 Å². The summed E-state index contributed by atoms with van der Waals surface area (Å²) in [6.45, 7) is 2.32. The van der Waals surface area contributed by atoms with Crippen LogP contribution in [0.3, 0.4) is 0 Å². The quantitative estimate of drug-likeness (QED) is 0.529. The van der Waals surface area contributed by atoms with Gasteiger partial charge >= 0.3 is 0 Å². The molecular formula is C18H21IN2. The van der Waals surface area contributed by atoms with Crippen LogP contribution in [-0.4, -0.2) is 29.5 Å². The number of benzene rings is 2. The molecule has 1 aliphatic rings. The molecule has 0 bridgehead atoms. The monoisotopic (exact) mass is 392 g/mol. The van der Waals surface area contributed by atoms with E-state index in [1.54, 1.807) is 0 Å². The normalized spacial score (nSPS) is 21.4. The van der Waals surface area contributed by atoms with Crippen LogP contribution in [0.15, 0.2) is 60.7 Å². The molecule has 0 N–H and O–H groups in total. The molecule has 1 heterocycles. The van der Waals surface area contributed by atoms with Gasteiger partial charge in [0.15, 0.2) is 7.05 Å². The van der Waals surface area contributed by atoms with Crippen molar-refractivity contribution in [2.75, 3.05) is 14.1 Å². The van der Waals surface area contributed by atoms with E-state index in [1.165, 1.54) is 16.8 Å². The van der Waals surface area contributed by atoms with Gasteiger partial charge in [0.25, 0.3) is 0 Å². The van der Waals surface area contributed by atoms with Crippen molar-refractivity contribution in [1.82, 2.24) is 5.01 Å². The minimum absolute atomic E-state index is 0. The predicted octanol–water partition coefficient (Wildman–Crippen LogP) is 0.360. The minimum atomic E-state index is 0. The number of hydrazone groups is 1. The molecule has 2 unspecified atom stereocenters. The molecule has 3 heteroatoms. The fraction of sp³-hybridized carbons (Fsp3) is 0.278. The van der Waals surface area contributed by atoms with Crippen LogP contribution in [0.2, 0.25) is 0 Å². The average molecular weight is 392 g/mol. The maximum Gasteiger partial charge on any atom is 0.218 e. The lowest BCUT2D eigenvalue weighted by molar-refractivity contribution is -0.660. The lowest BCUT2D eigenvalue weighted by Gasteiger charge is -2.20. The number of halogens is 1. The van der Waals surface area contributed by atoms with Crippen molar-refractivity contribution in [2.45, 2.75) is 13.0 Å². The molecule has 2 aromatic rings. The zero-order valence-corrected chi connectivity index (χ0v) is 14.9. The average Bonchev–Trinajstić information content (AvgIpc) is 2.71. The summed E-state index contributed by atoms with van der Waals surface area (Å²) in [5.41, 5.74) is 4.08. The van der Waals surface area contributed by atoms with Gasteiger partial charge in [0.2, 0.25) is 5.71 Å². The first-order valence-electron chi connectivity index (χ1n) is 7.14. The Morgan fingerprint density at radius 2 is 1.43 bits per heavy atom. The highest BCUT2D eigenvalue weighted by molar-refractivity contribution is 5.99. The van der Waals surface area contributed by atoms with E-state index in [4.69, 9.17) is 0 Å². The van der Waals surface area contributed by atoms with Crippen LogP contribution in [0, 0.1) is 5.92 Å². The van der Waals surface area contributed by atoms with Crippen molar-refractivity contribution in [3.63, 3.8) is 0 Å². The second-order valence-electron chi connectivity index (χ2n) is 5.49. The molecule has 0 aromatic heterocycles. The number of hydrogen-bond acceptors (Lipinski definition) is 1. The van der Waals surface area contributed by atoms with E-state index in [9.17, 15) is 0 Å². The Labute approximate surface area is 144 Å². The van der Waals surface area contributed by atoms with Crippen LogP contribution < -0.4 is 24.0 Å². The lowest BCUT2D eigenvalue weighted by atomic mass is 9.89. The van der Waals surface area contributed by atoms with E-state index in [0.29, 0.717) is 12.0 Å². The van der Waals surface area contributed by atoms with Gasteiger partial charge in [-0.3, -0.25) is 0 Å². The molecule has 21 heavy (non-hydrogen) atoms. The van der Waals surface area contributed by atoms with Gasteiger partial charge in [-0.15, -0.1) is 4.68 Å². The third-order valence-corrected chi connectivity index (χ3v) is 4.34. The maximum atomic E-state index is 2.34. The van der Waals surface area contributed by atoms with Gasteiger partial charge in [-0.2, -0.15) is 5.01 Å². The van der Waals surface area contributed by atoms with E-state index in [0.717, 1.165) is 0 Å². The third-order valence-electron chi connectivity index (χ3n) is 4.34. The molecule has 110 valence electrons. The van der Waals surface area contributed by atoms with E-state index in [-0.39, 0.29) is 24.0 Å². The Hall–Kier alpha value is -1.36. The van der Waals surface area contributed by atoms with Crippen LogP contribution in [0.5, 0.6) is 0 Å². The Bertz CT molecular complexity index is 622. The molecule has 0 aliphatic carbocycles.